The van der Waals surface area contributed by atoms with Gasteiger partial charge in [0.15, 0.2) is 0 Å². The van der Waals surface area contributed by atoms with E-state index in [-0.39, 0.29) is 25.2 Å². The maximum atomic E-state index is 11.9. The third-order valence-corrected chi connectivity index (χ3v) is 2.87. The Morgan fingerprint density at radius 3 is 3.10 bits per heavy atom. The van der Waals surface area contributed by atoms with Crippen LogP contribution < -0.4 is 10.1 Å². The summed E-state index contributed by atoms with van der Waals surface area (Å²) in [4.78, 5) is 27.2. The molecule has 0 bridgehead atoms. The minimum absolute atomic E-state index is 0.0321. The molecule has 1 aliphatic heterocycles. The van der Waals surface area contributed by atoms with Crippen LogP contribution in [0.1, 0.15) is 23.7 Å². The van der Waals surface area contributed by atoms with Gasteiger partial charge in [-0.15, -0.1) is 0 Å². The molecule has 1 atom stereocenters. The van der Waals surface area contributed by atoms with E-state index in [1.165, 1.54) is 6.20 Å². The van der Waals surface area contributed by atoms with Crippen molar-refractivity contribution in [2.75, 3.05) is 26.4 Å². The van der Waals surface area contributed by atoms with Crippen LogP contribution in [-0.4, -0.2) is 49.3 Å². The van der Waals surface area contributed by atoms with Gasteiger partial charge in [0.1, 0.15) is 12.6 Å². The summed E-state index contributed by atoms with van der Waals surface area (Å²) >= 11 is 0. The molecule has 1 aromatic rings. The summed E-state index contributed by atoms with van der Waals surface area (Å²) in [5, 5.41) is 2.48. The second-order valence-electron chi connectivity index (χ2n) is 4.47. The highest BCUT2D eigenvalue weighted by atomic mass is 16.5. The van der Waals surface area contributed by atoms with Crippen LogP contribution in [0.4, 0.5) is 0 Å². The van der Waals surface area contributed by atoms with Crippen molar-refractivity contribution in [3.63, 3.8) is 0 Å². The van der Waals surface area contributed by atoms with Gasteiger partial charge in [-0.1, -0.05) is 0 Å². The largest absolute Gasteiger partial charge is 0.472 e. The second kappa shape index (κ2) is 7.58. The predicted octanol–water partition coefficient (Wildman–Crippen LogP) is 0.542. The van der Waals surface area contributed by atoms with Crippen molar-refractivity contribution in [3.8, 4) is 5.88 Å². The van der Waals surface area contributed by atoms with Crippen molar-refractivity contribution in [2.24, 2.45) is 0 Å². The Morgan fingerprint density at radius 1 is 1.52 bits per heavy atom. The summed E-state index contributed by atoms with van der Waals surface area (Å²) in [6, 6.07) is 3.09. The first-order valence-electron chi connectivity index (χ1n) is 6.83. The standard InChI is InChI=1S/C14H18N2O5/c1-2-20-13(17)8-16-14(18)10-3-5-15-12(7-10)21-11-4-6-19-9-11/h3,5,7,11H,2,4,6,8-9H2,1H3,(H,16,18)/t11-/m0/s1. The van der Waals surface area contributed by atoms with Crippen molar-refractivity contribution < 1.29 is 23.8 Å². The SMILES string of the molecule is CCOC(=O)CNC(=O)c1ccnc(O[C@H]2CCOC2)c1. The van der Waals surface area contributed by atoms with E-state index in [0.29, 0.717) is 24.7 Å². The highest BCUT2D eigenvalue weighted by Crippen LogP contribution is 2.15. The summed E-state index contributed by atoms with van der Waals surface area (Å²) in [6.07, 6.45) is 2.26. The first-order valence-corrected chi connectivity index (χ1v) is 6.83. The minimum atomic E-state index is -0.473. The van der Waals surface area contributed by atoms with Gasteiger partial charge in [-0.2, -0.15) is 0 Å². The molecule has 0 unspecified atom stereocenters. The molecule has 2 heterocycles. The smallest absolute Gasteiger partial charge is 0.325 e. The van der Waals surface area contributed by atoms with Crippen molar-refractivity contribution in [1.82, 2.24) is 10.3 Å². The van der Waals surface area contributed by atoms with Gasteiger partial charge in [0.05, 0.1) is 19.8 Å². The third-order valence-electron chi connectivity index (χ3n) is 2.87. The molecule has 0 spiro atoms. The van der Waals surface area contributed by atoms with E-state index in [9.17, 15) is 9.59 Å². The minimum Gasteiger partial charge on any atom is -0.472 e. The average Bonchev–Trinajstić information content (AvgIpc) is 2.98. The maximum Gasteiger partial charge on any atom is 0.325 e. The first kappa shape index (κ1) is 15.2. The second-order valence-corrected chi connectivity index (χ2v) is 4.47. The Labute approximate surface area is 122 Å². The van der Waals surface area contributed by atoms with Gasteiger partial charge in [-0.25, -0.2) is 4.98 Å². The number of nitrogens with one attached hydrogen (secondary N) is 1. The highest BCUT2D eigenvalue weighted by molar-refractivity contribution is 5.96. The number of pyridine rings is 1. The van der Waals surface area contributed by atoms with E-state index in [1.807, 2.05) is 0 Å². The Bertz CT molecular complexity index is 500. The Balaban J connectivity index is 1.89. The van der Waals surface area contributed by atoms with E-state index < -0.39 is 5.97 Å². The molecule has 7 heteroatoms. The van der Waals surface area contributed by atoms with Crippen LogP contribution in [0.3, 0.4) is 0 Å². The molecule has 7 nitrogen and oxygen atoms in total. The lowest BCUT2D eigenvalue weighted by Gasteiger charge is -2.11. The molecule has 0 aliphatic carbocycles. The number of rotatable bonds is 6. The van der Waals surface area contributed by atoms with E-state index in [0.717, 1.165) is 6.42 Å². The fourth-order valence-electron chi connectivity index (χ4n) is 1.86. The zero-order chi connectivity index (χ0) is 15.1. The number of amides is 1. The van der Waals surface area contributed by atoms with Gasteiger partial charge < -0.3 is 19.5 Å². The van der Waals surface area contributed by atoms with Crippen LogP contribution in [0.5, 0.6) is 5.88 Å². The molecule has 0 radical (unpaired) electrons. The lowest BCUT2D eigenvalue weighted by atomic mass is 10.2. The summed E-state index contributed by atoms with van der Waals surface area (Å²) in [5.74, 6) is -0.480. The fourth-order valence-corrected chi connectivity index (χ4v) is 1.86. The van der Waals surface area contributed by atoms with Crippen LogP contribution in [0.25, 0.3) is 0 Å². The molecule has 1 N–H and O–H groups in total. The number of nitrogens with zero attached hydrogens (tertiary/aromatic N) is 1. The zero-order valence-electron chi connectivity index (χ0n) is 11.8. The summed E-state index contributed by atoms with van der Waals surface area (Å²) in [5.41, 5.74) is 0.378. The molecule has 1 aromatic heterocycles. The van der Waals surface area contributed by atoms with Gasteiger partial charge in [0.25, 0.3) is 5.91 Å². The average molecular weight is 294 g/mol. The van der Waals surface area contributed by atoms with Crippen LogP contribution in [0.15, 0.2) is 18.3 Å². The molecule has 21 heavy (non-hydrogen) atoms. The van der Waals surface area contributed by atoms with Gasteiger partial charge in [-0.05, 0) is 13.0 Å². The van der Waals surface area contributed by atoms with Gasteiger partial charge in [0, 0.05) is 24.2 Å². The Morgan fingerprint density at radius 2 is 2.38 bits per heavy atom. The number of carbonyl (C=O) groups is 2. The summed E-state index contributed by atoms with van der Waals surface area (Å²) < 4.78 is 15.6. The molecule has 2 rings (SSSR count). The van der Waals surface area contributed by atoms with E-state index >= 15 is 0 Å². The van der Waals surface area contributed by atoms with Crippen molar-refractivity contribution in [1.29, 1.82) is 0 Å². The first-order chi connectivity index (χ1) is 10.2. The number of ether oxygens (including phenoxy) is 3. The van der Waals surface area contributed by atoms with Gasteiger partial charge in [-0.3, -0.25) is 9.59 Å². The third kappa shape index (κ3) is 4.71. The van der Waals surface area contributed by atoms with Crippen LogP contribution >= 0.6 is 0 Å². The normalized spacial score (nSPS) is 17.3. The fraction of sp³-hybridized carbons (Fsp3) is 0.500. The lowest BCUT2D eigenvalue weighted by Crippen LogP contribution is -2.30. The highest BCUT2D eigenvalue weighted by Gasteiger charge is 2.18. The molecule has 1 saturated heterocycles. The number of hydrogen-bond donors (Lipinski definition) is 1. The number of hydrogen-bond acceptors (Lipinski definition) is 6. The quantitative estimate of drug-likeness (QED) is 0.771. The zero-order valence-corrected chi connectivity index (χ0v) is 11.8. The molecular weight excluding hydrogens is 276 g/mol. The monoisotopic (exact) mass is 294 g/mol. The summed E-state index contributed by atoms with van der Waals surface area (Å²) in [7, 11) is 0. The number of aromatic nitrogens is 1. The molecule has 0 saturated carbocycles. The molecule has 1 aliphatic rings. The molecule has 114 valence electrons. The van der Waals surface area contributed by atoms with E-state index in [1.54, 1.807) is 19.1 Å². The van der Waals surface area contributed by atoms with E-state index in [4.69, 9.17) is 14.2 Å². The van der Waals surface area contributed by atoms with Crippen molar-refractivity contribution in [2.45, 2.75) is 19.4 Å². The van der Waals surface area contributed by atoms with Crippen molar-refractivity contribution in [3.05, 3.63) is 23.9 Å². The van der Waals surface area contributed by atoms with Crippen molar-refractivity contribution >= 4 is 11.9 Å². The maximum absolute atomic E-state index is 11.9. The van der Waals surface area contributed by atoms with E-state index in [2.05, 4.69) is 10.3 Å². The molecule has 0 aromatic carbocycles. The molecular formula is C14H18N2O5. The van der Waals surface area contributed by atoms with Crippen LogP contribution in [0.2, 0.25) is 0 Å². The number of carbonyl (C=O) groups excluding carboxylic acids is 2. The Kier molecular flexibility index (Phi) is 5.51. The lowest BCUT2D eigenvalue weighted by molar-refractivity contribution is -0.141. The molecule has 1 amide bonds. The topological polar surface area (TPSA) is 86.8 Å². The number of esters is 1. The van der Waals surface area contributed by atoms with Crippen LogP contribution in [-0.2, 0) is 14.3 Å². The summed E-state index contributed by atoms with van der Waals surface area (Å²) in [6.45, 7) is 3.03. The van der Waals surface area contributed by atoms with Gasteiger partial charge >= 0.3 is 5.97 Å². The Hall–Kier alpha value is -2.15. The van der Waals surface area contributed by atoms with Gasteiger partial charge in [0.2, 0.25) is 5.88 Å². The predicted molar refractivity (Wildman–Crippen MR) is 73.1 cm³/mol. The molecule has 1 fully saturated rings. The van der Waals surface area contributed by atoms with Crippen LogP contribution in [0, 0.1) is 0 Å².